The van der Waals surface area contributed by atoms with E-state index in [-0.39, 0.29) is 28.2 Å². The molecule has 1 atom stereocenters. The molecule has 2 saturated carbocycles. The summed E-state index contributed by atoms with van der Waals surface area (Å²) in [6.45, 7) is 0. The van der Waals surface area contributed by atoms with Crippen LogP contribution in [0.4, 0.5) is 4.39 Å². The summed E-state index contributed by atoms with van der Waals surface area (Å²) < 4.78 is 37.9. The summed E-state index contributed by atoms with van der Waals surface area (Å²) in [6, 6.07) is 6.72. The fraction of sp³-hybridized carbons (Fsp3) is 0.524. The third kappa shape index (κ3) is 4.04. The molecule has 1 heterocycles. The van der Waals surface area contributed by atoms with Gasteiger partial charge >= 0.3 is 0 Å². The van der Waals surface area contributed by atoms with Gasteiger partial charge in [-0.25, -0.2) is 13.4 Å². The zero-order valence-corrected chi connectivity index (χ0v) is 16.8. The zero-order valence-electron chi connectivity index (χ0n) is 15.9. The van der Waals surface area contributed by atoms with Gasteiger partial charge in [-0.1, -0.05) is 37.8 Å². The quantitative estimate of drug-likeness (QED) is 0.700. The van der Waals surface area contributed by atoms with Crippen LogP contribution in [0.25, 0.3) is 0 Å². The molecule has 150 valence electrons. The lowest BCUT2D eigenvalue weighted by Gasteiger charge is -2.19. The predicted octanol–water partition coefficient (Wildman–Crippen LogP) is 4.26. The van der Waals surface area contributed by atoms with E-state index in [0.717, 1.165) is 37.7 Å². The van der Waals surface area contributed by atoms with Crippen LogP contribution in [0, 0.1) is 17.8 Å². The number of carbonyl (C=O) groups is 1. The standard InChI is InChI=1S/C21H25FN2O3S/c1-28(26,27)16-10-8-14(9-11-16)17(12-13-4-2-3-5-13)21-23-18(20(22)24-21)19(25)15-6-7-15/h8-11,13,15,17H,2-7,12H2,1H3,(H,23,24). The summed E-state index contributed by atoms with van der Waals surface area (Å²) in [7, 11) is -3.28. The normalized spacial score (nSPS) is 19.1. The highest BCUT2D eigenvalue weighted by molar-refractivity contribution is 7.90. The van der Waals surface area contributed by atoms with Gasteiger partial charge in [0.15, 0.2) is 21.3 Å². The SMILES string of the molecule is CS(=O)(=O)c1ccc(C(CC2CCCC2)c2nc(C(=O)C3CC3)c(F)[nH]2)cc1. The van der Waals surface area contributed by atoms with Crippen LogP contribution < -0.4 is 0 Å². The first kappa shape index (κ1) is 19.3. The summed E-state index contributed by atoms with van der Waals surface area (Å²) in [5, 5.41) is 0. The number of ketones is 1. The van der Waals surface area contributed by atoms with E-state index in [1.54, 1.807) is 24.3 Å². The number of hydrogen-bond donors (Lipinski definition) is 1. The minimum Gasteiger partial charge on any atom is -0.318 e. The topological polar surface area (TPSA) is 79.9 Å². The van der Waals surface area contributed by atoms with Gasteiger partial charge in [-0.3, -0.25) is 4.79 Å². The van der Waals surface area contributed by atoms with Gasteiger partial charge in [0.25, 0.3) is 0 Å². The molecule has 7 heteroatoms. The first-order chi connectivity index (χ1) is 13.3. The summed E-state index contributed by atoms with van der Waals surface area (Å²) in [4.78, 5) is 19.6. The van der Waals surface area contributed by atoms with Crippen LogP contribution in [0.1, 0.15) is 72.7 Å². The van der Waals surface area contributed by atoms with Gasteiger partial charge in [-0.15, -0.1) is 0 Å². The van der Waals surface area contributed by atoms with E-state index in [0.29, 0.717) is 11.7 Å². The average molecular weight is 405 g/mol. The van der Waals surface area contributed by atoms with E-state index in [9.17, 15) is 17.6 Å². The maximum Gasteiger partial charge on any atom is 0.222 e. The molecule has 0 radical (unpaired) electrons. The van der Waals surface area contributed by atoms with Gasteiger partial charge in [-0.2, -0.15) is 4.39 Å². The maximum atomic E-state index is 14.4. The van der Waals surface area contributed by atoms with Crippen molar-refractivity contribution >= 4 is 15.6 Å². The first-order valence-electron chi connectivity index (χ1n) is 9.92. The molecule has 0 bridgehead atoms. The number of Topliss-reactive ketones (excluding diaryl/α,β-unsaturated/α-hetero) is 1. The molecule has 2 aliphatic rings. The third-order valence-electron chi connectivity index (χ3n) is 5.94. The van der Waals surface area contributed by atoms with Crippen LogP contribution in [0.2, 0.25) is 0 Å². The Kier molecular flexibility index (Phi) is 5.12. The second-order valence-electron chi connectivity index (χ2n) is 8.20. The number of aromatic amines is 1. The Balaban J connectivity index is 1.67. The number of nitrogens with one attached hydrogen (secondary N) is 1. The first-order valence-corrected chi connectivity index (χ1v) is 11.8. The van der Waals surface area contributed by atoms with Gasteiger partial charge in [0.05, 0.1) is 4.90 Å². The molecule has 1 aromatic heterocycles. The number of carbonyl (C=O) groups excluding carboxylic acids is 1. The van der Waals surface area contributed by atoms with Gasteiger partial charge in [0.2, 0.25) is 5.95 Å². The van der Waals surface area contributed by atoms with Crippen LogP contribution in [0.3, 0.4) is 0 Å². The van der Waals surface area contributed by atoms with E-state index in [2.05, 4.69) is 9.97 Å². The summed E-state index contributed by atoms with van der Waals surface area (Å²) in [5.41, 5.74) is 0.806. The van der Waals surface area contributed by atoms with E-state index < -0.39 is 15.8 Å². The average Bonchev–Trinajstić information content (AvgIpc) is 3.25. The minimum absolute atomic E-state index is 0.0818. The number of H-pyrrole nitrogens is 1. The van der Waals surface area contributed by atoms with E-state index in [4.69, 9.17) is 0 Å². The molecule has 4 rings (SSSR count). The molecule has 0 amide bonds. The predicted molar refractivity (Wildman–Crippen MR) is 104 cm³/mol. The summed E-state index contributed by atoms with van der Waals surface area (Å²) >= 11 is 0. The van der Waals surface area contributed by atoms with Crippen molar-refractivity contribution < 1.29 is 17.6 Å². The van der Waals surface area contributed by atoms with Crippen LogP contribution in [0.15, 0.2) is 29.2 Å². The van der Waals surface area contributed by atoms with E-state index in [1.165, 1.54) is 19.1 Å². The molecule has 1 unspecified atom stereocenters. The van der Waals surface area contributed by atoms with E-state index in [1.807, 2.05) is 0 Å². The Morgan fingerprint density at radius 1 is 1.18 bits per heavy atom. The molecular formula is C21H25FN2O3S. The minimum atomic E-state index is -3.28. The van der Waals surface area contributed by atoms with E-state index >= 15 is 0 Å². The molecule has 5 nitrogen and oxygen atoms in total. The highest BCUT2D eigenvalue weighted by Crippen LogP contribution is 2.38. The lowest BCUT2D eigenvalue weighted by molar-refractivity contribution is 0.0958. The fourth-order valence-electron chi connectivity index (χ4n) is 4.17. The van der Waals surface area contributed by atoms with Crippen molar-refractivity contribution in [3.05, 3.63) is 47.3 Å². The third-order valence-corrected chi connectivity index (χ3v) is 7.07. The van der Waals surface area contributed by atoms with Crippen LogP contribution in [0.5, 0.6) is 0 Å². The van der Waals surface area contributed by atoms with Gasteiger partial charge in [0, 0.05) is 18.1 Å². The largest absolute Gasteiger partial charge is 0.318 e. The number of aromatic nitrogens is 2. The maximum absolute atomic E-state index is 14.4. The molecule has 28 heavy (non-hydrogen) atoms. The second-order valence-corrected chi connectivity index (χ2v) is 10.2. The smallest absolute Gasteiger partial charge is 0.222 e. The number of imidazole rings is 1. The lowest BCUT2D eigenvalue weighted by Crippen LogP contribution is -2.10. The molecule has 1 N–H and O–H groups in total. The Morgan fingerprint density at radius 2 is 1.82 bits per heavy atom. The summed E-state index contributed by atoms with van der Waals surface area (Å²) in [5.74, 6) is -0.168. The molecule has 2 aliphatic carbocycles. The van der Waals surface area contributed by atoms with Gasteiger partial charge < -0.3 is 4.98 Å². The number of halogens is 1. The Labute approximate surface area is 164 Å². The van der Waals surface area contributed by atoms with Crippen LogP contribution in [-0.4, -0.2) is 30.4 Å². The van der Waals surface area contributed by atoms with Gasteiger partial charge in [-0.05, 0) is 42.9 Å². The second kappa shape index (κ2) is 7.43. The lowest BCUT2D eigenvalue weighted by atomic mass is 9.87. The molecule has 0 spiro atoms. The monoisotopic (exact) mass is 404 g/mol. The van der Waals surface area contributed by atoms with Crippen molar-refractivity contribution in [2.45, 2.75) is 55.8 Å². The zero-order chi connectivity index (χ0) is 19.9. The van der Waals surface area contributed by atoms with Crippen molar-refractivity contribution in [1.29, 1.82) is 0 Å². The van der Waals surface area contributed by atoms with Crippen molar-refractivity contribution in [3.63, 3.8) is 0 Å². The fourth-order valence-corrected chi connectivity index (χ4v) is 4.80. The molecule has 0 aliphatic heterocycles. The molecule has 1 aromatic carbocycles. The Hall–Kier alpha value is -2.02. The van der Waals surface area contributed by atoms with Gasteiger partial charge in [0.1, 0.15) is 5.82 Å². The van der Waals surface area contributed by atoms with Crippen molar-refractivity contribution in [3.8, 4) is 0 Å². The number of hydrogen-bond acceptors (Lipinski definition) is 4. The van der Waals surface area contributed by atoms with Crippen LogP contribution in [-0.2, 0) is 9.84 Å². The molecule has 2 fully saturated rings. The Bertz CT molecular complexity index is 972. The highest BCUT2D eigenvalue weighted by atomic mass is 32.2. The van der Waals surface area contributed by atoms with Crippen molar-refractivity contribution in [2.24, 2.45) is 11.8 Å². The molecule has 2 aromatic rings. The number of nitrogens with zero attached hydrogens (tertiary/aromatic N) is 1. The summed E-state index contributed by atoms with van der Waals surface area (Å²) in [6.07, 6.45) is 8.25. The molecular weight excluding hydrogens is 379 g/mol. The van der Waals surface area contributed by atoms with Crippen LogP contribution >= 0.6 is 0 Å². The van der Waals surface area contributed by atoms with Crippen molar-refractivity contribution in [2.75, 3.05) is 6.26 Å². The number of benzene rings is 1. The molecule has 0 saturated heterocycles. The highest BCUT2D eigenvalue weighted by Gasteiger charge is 2.35. The Morgan fingerprint density at radius 3 is 2.39 bits per heavy atom. The van der Waals surface area contributed by atoms with Crippen molar-refractivity contribution in [1.82, 2.24) is 9.97 Å². The number of sulfone groups is 1. The number of rotatable bonds is 7.